The van der Waals surface area contributed by atoms with Crippen molar-refractivity contribution in [1.82, 2.24) is 0 Å². The molecule has 0 aromatic rings. The van der Waals surface area contributed by atoms with Gasteiger partial charge in [0, 0.05) is 5.92 Å². The molecule has 6 heteroatoms. The lowest BCUT2D eigenvalue weighted by Gasteiger charge is -2.29. The molecule has 2 rings (SSSR count). The zero-order chi connectivity index (χ0) is 11.3. The fourth-order valence-electron chi connectivity index (χ4n) is 2.33. The fourth-order valence-corrected chi connectivity index (χ4v) is 4.16. The highest BCUT2D eigenvalue weighted by Gasteiger charge is 2.63. The summed E-state index contributed by atoms with van der Waals surface area (Å²) in [5.74, 6) is -0.0723. The maximum atomic E-state index is 10.1. The van der Waals surface area contributed by atoms with E-state index in [1.54, 1.807) is 0 Å². The molecule has 0 spiro atoms. The summed E-state index contributed by atoms with van der Waals surface area (Å²) in [5.41, 5.74) is 0. The molecule has 0 N–H and O–H groups in total. The zero-order valence-corrected chi connectivity index (χ0v) is 10.6. The Hall–Kier alpha value is 0.370. The Morgan fingerprint density at radius 2 is 2.07 bits per heavy atom. The number of hydrogen-bond donors (Lipinski definition) is 0. The maximum Gasteiger partial charge on any atom is 0.293 e. The molecule has 0 heterocycles. The molecule has 2 aliphatic carbocycles. The molecule has 0 aliphatic heterocycles. The molecule has 0 amide bonds. The van der Waals surface area contributed by atoms with Gasteiger partial charge in [-0.1, -0.05) is 23.2 Å². The third-order valence-corrected chi connectivity index (χ3v) is 5.55. The van der Waals surface area contributed by atoms with Gasteiger partial charge in [-0.05, 0) is 12.8 Å². The Kier molecular flexibility index (Phi) is 2.92. The van der Waals surface area contributed by atoms with Gasteiger partial charge in [-0.15, -0.1) is 23.2 Å². The van der Waals surface area contributed by atoms with E-state index < -0.39 is 9.75 Å². The van der Waals surface area contributed by atoms with E-state index in [2.05, 4.69) is 0 Å². The van der Waals surface area contributed by atoms with Gasteiger partial charge in [0.25, 0.3) is 6.47 Å². The van der Waals surface area contributed by atoms with Crippen molar-refractivity contribution in [3.8, 4) is 0 Å². The van der Waals surface area contributed by atoms with E-state index in [0.29, 0.717) is 29.4 Å². The van der Waals surface area contributed by atoms with Crippen LogP contribution in [-0.2, 0) is 9.53 Å². The molecule has 0 saturated heterocycles. The summed E-state index contributed by atoms with van der Waals surface area (Å²) in [4.78, 5) is 8.70. The van der Waals surface area contributed by atoms with Crippen LogP contribution in [0.3, 0.4) is 0 Å². The van der Waals surface area contributed by atoms with Crippen LogP contribution in [-0.4, -0.2) is 22.8 Å². The number of carbonyl (C=O) groups is 1. The lowest BCUT2D eigenvalue weighted by molar-refractivity contribution is -0.130. The second kappa shape index (κ2) is 3.69. The number of ether oxygens (including phenoxy) is 1. The number of alkyl halides is 2. The first-order valence-corrected chi connectivity index (χ1v) is 5.94. The highest BCUT2D eigenvalue weighted by molar-refractivity contribution is 6.50. The van der Waals surface area contributed by atoms with Crippen LogP contribution in [0, 0.1) is 5.92 Å². The minimum absolute atomic E-state index is 0.0723. The van der Waals surface area contributed by atoms with Crippen LogP contribution < -0.4 is 0 Å². The Morgan fingerprint density at radius 3 is 2.53 bits per heavy atom. The van der Waals surface area contributed by atoms with E-state index in [9.17, 15) is 4.79 Å². The first-order chi connectivity index (χ1) is 6.94. The predicted molar refractivity (Wildman–Crippen MR) is 60.6 cm³/mol. The first kappa shape index (κ1) is 11.8. The minimum atomic E-state index is -0.761. The van der Waals surface area contributed by atoms with E-state index in [4.69, 9.17) is 51.1 Å². The molecule has 0 aromatic carbocycles. The largest absolute Gasteiger partial charge is 0.468 e. The van der Waals surface area contributed by atoms with Gasteiger partial charge in [0.15, 0.2) is 0 Å². The van der Waals surface area contributed by atoms with Crippen molar-refractivity contribution in [2.75, 3.05) is 6.61 Å². The van der Waals surface area contributed by atoms with Gasteiger partial charge in [0.2, 0.25) is 0 Å². The van der Waals surface area contributed by atoms with Crippen LogP contribution in [0.2, 0.25) is 0 Å². The first-order valence-electron chi connectivity index (χ1n) is 4.43. The van der Waals surface area contributed by atoms with Crippen LogP contribution >= 0.6 is 46.4 Å². The zero-order valence-electron chi connectivity index (χ0n) is 7.60. The third kappa shape index (κ3) is 1.57. The Balaban J connectivity index is 2.26. The van der Waals surface area contributed by atoms with Crippen LogP contribution in [0.1, 0.15) is 12.8 Å². The van der Waals surface area contributed by atoms with Crippen LogP contribution in [0.4, 0.5) is 0 Å². The predicted octanol–water partition coefficient (Wildman–Crippen LogP) is 3.23. The molecule has 2 bridgehead atoms. The summed E-state index contributed by atoms with van der Waals surface area (Å²) in [6.07, 6.45) is 1.08. The molecule has 15 heavy (non-hydrogen) atoms. The average Bonchev–Trinajstić information content (AvgIpc) is 2.54. The highest BCUT2D eigenvalue weighted by Crippen LogP contribution is 2.65. The van der Waals surface area contributed by atoms with Crippen LogP contribution in [0.15, 0.2) is 10.1 Å². The van der Waals surface area contributed by atoms with Gasteiger partial charge in [-0.2, -0.15) is 0 Å². The van der Waals surface area contributed by atoms with E-state index in [-0.39, 0.29) is 12.5 Å². The molecule has 0 radical (unpaired) electrons. The fraction of sp³-hybridized carbons (Fsp3) is 0.667. The number of carbonyl (C=O) groups excluding carboxylic acids is 1. The van der Waals surface area contributed by atoms with Crippen molar-refractivity contribution >= 4 is 52.9 Å². The molecule has 3 atom stereocenters. The SMILES string of the molecule is O=COCC1CC2(Cl)CC1(Cl)C(Cl)=C2Cl. The summed E-state index contributed by atoms with van der Waals surface area (Å²) in [5, 5.41) is 0.828. The number of fused-ring (bicyclic) bond motifs is 2. The Labute approximate surface area is 107 Å². The lowest BCUT2D eigenvalue weighted by Crippen LogP contribution is -2.31. The number of halogens is 4. The van der Waals surface area contributed by atoms with Crippen molar-refractivity contribution < 1.29 is 9.53 Å². The number of allylic oxidation sites excluding steroid dienone is 2. The molecule has 1 saturated carbocycles. The van der Waals surface area contributed by atoms with Gasteiger partial charge in [-0.25, -0.2) is 0 Å². The van der Waals surface area contributed by atoms with Gasteiger partial charge in [0.1, 0.15) is 0 Å². The Bertz CT molecular complexity index is 343. The molecule has 84 valence electrons. The topological polar surface area (TPSA) is 26.3 Å². The van der Waals surface area contributed by atoms with E-state index in [1.165, 1.54) is 0 Å². The number of hydrogen-bond acceptors (Lipinski definition) is 2. The molecule has 3 unspecified atom stereocenters. The lowest BCUT2D eigenvalue weighted by atomic mass is 9.93. The molecular weight excluding hydrogens is 282 g/mol. The van der Waals surface area contributed by atoms with Crippen molar-refractivity contribution in [2.24, 2.45) is 5.92 Å². The minimum Gasteiger partial charge on any atom is -0.468 e. The molecule has 0 aromatic heterocycles. The summed E-state index contributed by atoms with van der Waals surface area (Å²) >= 11 is 24.7. The summed E-state index contributed by atoms with van der Waals surface area (Å²) in [6, 6.07) is 0. The number of rotatable bonds is 3. The maximum absolute atomic E-state index is 10.1. The Morgan fingerprint density at radius 1 is 1.40 bits per heavy atom. The normalized spacial score (nSPS) is 43.6. The van der Waals surface area contributed by atoms with Gasteiger partial charge < -0.3 is 4.74 Å². The van der Waals surface area contributed by atoms with Gasteiger partial charge in [-0.3, -0.25) is 4.79 Å². The third-order valence-electron chi connectivity index (χ3n) is 3.07. The standard InChI is InChI=1S/C9H8Cl4O2/c10-6-7(11)9(13)3-8(6,12)1-5(9)2-15-4-14/h4-5H,1-3H2. The summed E-state index contributed by atoms with van der Waals surface area (Å²) in [7, 11) is 0. The molecule has 2 aliphatic rings. The van der Waals surface area contributed by atoms with Crippen molar-refractivity contribution in [1.29, 1.82) is 0 Å². The van der Waals surface area contributed by atoms with Gasteiger partial charge >= 0.3 is 0 Å². The van der Waals surface area contributed by atoms with E-state index >= 15 is 0 Å². The monoisotopic (exact) mass is 288 g/mol. The molecule has 2 nitrogen and oxygen atoms in total. The second-order valence-electron chi connectivity index (χ2n) is 3.96. The second-order valence-corrected chi connectivity index (χ2v) is 6.12. The van der Waals surface area contributed by atoms with E-state index in [1.807, 2.05) is 0 Å². The molecular formula is C9H8Cl4O2. The van der Waals surface area contributed by atoms with Crippen LogP contribution in [0.25, 0.3) is 0 Å². The van der Waals surface area contributed by atoms with Crippen molar-refractivity contribution in [3.63, 3.8) is 0 Å². The highest BCUT2D eigenvalue weighted by atomic mass is 35.5. The smallest absolute Gasteiger partial charge is 0.293 e. The van der Waals surface area contributed by atoms with Crippen molar-refractivity contribution in [3.05, 3.63) is 10.1 Å². The average molecular weight is 290 g/mol. The molecule has 1 fully saturated rings. The quantitative estimate of drug-likeness (QED) is 0.589. The van der Waals surface area contributed by atoms with E-state index in [0.717, 1.165) is 0 Å². The summed E-state index contributed by atoms with van der Waals surface area (Å²) in [6.45, 7) is 0.619. The van der Waals surface area contributed by atoms with Crippen molar-refractivity contribution in [2.45, 2.75) is 22.6 Å². The summed E-state index contributed by atoms with van der Waals surface area (Å²) < 4.78 is 4.72. The van der Waals surface area contributed by atoms with Gasteiger partial charge in [0.05, 0.1) is 26.4 Å². The van der Waals surface area contributed by atoms with Crippen LogP contribution in [0.5, 0.6) is 0 Å².